The molecule has 0 saturated heterocycles. The van der Waals surface area contributed by atoms with Gasteiger partial charge in [-0.3, -0.25) is 0 Å². The molecule has 30 heavy (non-hydrogen) atoms. The maximum absolute atomic E-state index is 2.20. The Hall–Kier alpha value is 4.10. The fourth-order valence-electron chi connectivity index (χ4n) is 2.48. The summed E-state index contributed by atoms with van der Waals surface area (Å²) in [6, 6.07) is 0. The second-order valence-corrected chi connectivity index (χ2v) is 27.1. The molecule has 4 heterocycles. The minimum atomic E-state index is 0.709. The van der Waals surface area contributed by atoms with Crippen molar-refractivity contribution >= 4 is 154 Å². The Kier molecular flexibility index (Phi) is 14.5. The molecule has 0 aliphatic carbocycles. The summed E-state index contributed by atoms with van der Waals surface area (Å²) in [4.78, 5) is 0. The van der Waals surface area contributed by atoms with Gasteiger partial charge in [-0.15, -0.1) is 0 Å². The number of thioether (sulfide) groups is 8. The van der Waals surface area contributed by atoms with Crippen molar-refractivity contribution in [2.45, 2.75) is 21.3 Å². The molecule has 0 atom stereocenters. The van der Waals surface area contributed by atoms with Crippen LogP contribution in [0.4, 0.5) is 0 Å². The van der Waals surface area contributed by atoms with Gasteiger partial charge in [0, 0.05) is 0 Å². The van der Waals surface area contributed by atoms with Crippen molar-refractivity contribution in [2.75, 3.05) is 46.0 Å². The molecule has 0 bridgehead atoms. The molecule has 0 radical (unpaired) electrons. The molecule has 0 N–H and O–H groups in total. The van der Waals surface area contributed by atoms with Gasteiger partial charge in [-0.25, -0.2) is 0 Å². The Bertz CT molecular complexity index is 573. The van der Waals surface area contributed by atoms with Gasteiger partial charge in [0.25, 0.3) is 0 Å². The van der Waals surface area contributed by atoms with E-state index >= 15 is 0 Å². The van der Waals surface area contributed by atoms with Gasteiger partial charge in [-0.1, -0.05) is 0 Å². The van der Waals surface area contributed by atoms with Gasteiger partial charge in [0.15, 0.2) is 0 Å². The van der Waals surface area contributed by atoms with Crippen molar-refractivity contribution in [3.8, 4) is 0 Å². The van der Waals surface area contributed by atoms with Gasteiger partial charge in [-0.2, -0.15) is 0 Å². The van der Waals surface area contributed by atoms with Gasteiger partial charge >= 0.3 is 245 Å². The first-order chi connectivity index (χ1) is 14.9. The fraction of sp³-hybridized carbons (Fsp3) is 0.667. The molecule has 0 amide bonds. The molecular formula is C18H24S8Se4. The van der Waals surface area contributed by atoms with Crippen LogP contribution < -0.4 is 0 Å². The van der Waals surface area contributed by atoms with E-state index in [0.29, 0.717) is 59.8 Å². The van der Waals surface area contributed by atoms with E-state index in [9.17, 15) is 0 Å². The molecule has 4 rings (SSSR count). The number of hydrogen-bond acceptors (Lipinski definition) is 8. The number of rotatable bonds is 0. The monoisotopic (exact) mass is 816 g/mol. The molecule has 168 valence electrons. The average molecular weight is 813 g/mol. The molecule has 4 aliphatic heterocycles. The summed E-state index contributed by atoms with van der Waals surface area (Å²) in [5.41, 5.74) is 0. The molecule has 0 spiro atoms. The summed E-state index contributed by atoms with van der Waals surface area (Å²) in [5.74, 6) is 11.0. The van der Waals surface area contributed by atoms with Crippen molar-refractivity contribution < 1.29 is 0 Å². The van der Waals surface area contributed by atoms with Crippen molar-refractivity contribution in [1.82, 2.24) is 0 Å². The molecule has 0 fully saturated rings. The van der Waals surface area contributed by atoms with E-state index in [1.54, 1.807) is 8.47 Å². The van der Waals surface area contributed by atoms with E-state index in [1.807, 2.05) is 15.2 Å². The normalized spacial score (nSPS) is 26.4. The predicted molar refractivity (Wildman–Crippen MR) is 163 cm³/mol. The van der Waals surface area contributed by atoms with E-state index in [2.05, 4.69) is 94.1 Å². The van der Waals surface area contributed by atoms with Crippen LogP contribution in [-0.2, 0) is 0 Å². The summed E-state index contributed by atoms with van der Waals surface area (Å²) in [6.07, 6.45) is 0. The Morgan fingerprint density at radius 2 is 0.633 bits per heavy atom. The van der Waals surface area contributed by atoms with Crippen LogP contribution in [0.3, 0.4) is 0 Å². The summed E-state index contributed by atoms with van der Waals surface area (Å²) in [6.45, 7) is 0. The Morgan fingerprint density at radius 3 is 0.900 bits per heavy atom. The van der Waals surface area contributed by atoms with Gasteiger partial charge < -0.3 is 0 Å². The summed E-state index contributed by atoms with van der Waals surface area (Å²) < 4.78 is 10.6. The quantitative estimate of drug-likeness (QED) is 0.243. The van der Waals surface area contributed by atoms with Crippen LogP contribution in [0.25, 0.3) is 0 Å². The third-order valence-corrected chi connectivity index (χ3v) is 29.9. The van der Waals surface area contributed by atoms with E-state index in [1.165, 1.54) is 67.3 Å². The van der Waals surface area contributed by atoms with Crippen LogP contribution in [0.5, 0.6) is 0 Å². The molecular weight excluding hydrogens is 789 g/mol. The second-order valence-electron chi connectivity index (χ2n) is 5.98. The molecule has 0 aromatic heterocycles. The van der Waals surface area contributed by atoms with Gasteiger partial charge in [-0.05, 0) is 0 Å². The van der Waals surface area contributed by atoms with Crippen molar-refractivity contribution in [2.24, 2.45) is 0 Å². The fourth-order valence-corrected chi connectivity index (χ4v) is 29.6. The van der Waals surface area contributed by atoms with Crippen LogP contribution in [-0.4, -0.2) is 106 Å². The molecule has 12 heteroatoms. The molecule has 0 aromatic carbocycles. The molecule has 0 saturated carbocycles. The Balaban J connectivity index is 1.40. The molecule has 0 nitrogen and oxygen atoms in total. The van der Waals surface area contributed by atoms with Gasteiger partial charge in [0.1, 0.15) is 0 Å². The van der Waals surface area contributed by atoms with Crippen molar-refractivity contribution in [1.29, 1.82) is 0 Å². The zero-order chi connectivity index (χ0) is 20.4. The van der Waals surface area contributed by atoms with Crippen LogP contribution in [0, 0.1) is 0 Å². The zero-order valence-corrected chi connectivity index (χ0v) is 29.8. The third kappa shape index (κ3) is 9.20. The van der Waals surface area contributed by atoms with E-state index in [4.69, 9.17) is 0 Å². The summed E-state index contributed by atoms with van der Waals surface area (Å²) in [5, 5.41) is 5.74. The van der Waals surface area contributed by atoms with Gasteiger partial charge in [0.2, 0.25) is 0 Å². The summed E-state index contributed by atoms with van der Waals surface area (Å²) >= 11 is 20.4. The van der Waals surface area contributed by atoms with Crippen LogP contribution in [0.2, 0.25) is 21.3 Å². The summed E-state index contributed by atoms with van der Waals surface area (Å²) in [7, 11) is 0. The predicted octanol–water partition coefficient (Wildman–Crippen LogP) is 6.78. The second kappa shape index (κ2) is 16.0. The zero-order valence-electron chi connectivity index (χ0n) is 16.4. The first kappa shape index (κ1) is 27.1. The van der Waals surface area contributed by atoms with Crippen LogP contribution in [0.15, 0.2) is 23.7 Å². The molecule has 0 unspecified atom stereocenters. The first-order valence-electron chi connectivity index (χ1n) is 9.66. The van der Waals surface area contributed by atoms with E-state index in [-0.39, 0.29) is 0 Å². The SMILES string of the molecule is C1CSCC[Se]C2=C(SC(=C3SC4=C(S3)[Se]CCSCCSCC[Se]4)S2)[Se]CCS1. The minimum absolute atomic E-state index is 0.709. The van der Waals surface area contributed by atoms with Gasteiger partial charge in [0.05, 0.1) is 0 Å². The standard InChI is InChI=1S/C18H24S8Se4/c1-2-20-6-10-28-16-15(27-9-5-19-1)23-13(24-16)14-25-17-18(26-14)30-12-8-22-4-3-21-7-11-29-17/h1-12H2. The maximum atomic E-state index is 2.20. The van der Waals surface area contributed by atoms with Crippen molar-refractivity contribution in [3.63, 3.8) is 0 Å². The Morgan fingerprint density at radius 1 is 0.367 bits per heavy atom. The van der Waals surface area contributed by atoms with E-state index < -0.39 is 0 Å². The average Bonchev–Trinajstić information content (AvgIpc) is 3.32. The molecule has 0 aromatic rings. The number of hydrogen-bond donors (Lipinski definition) is 0. The van der Waals surface area contributed by atoms with Crippen LogP contribution >= 0.6 is 94.1 Å². The Labute approximate surface area is 241 Å². The van der Waals surface area contributed by atoms with Crippen LogP contribution in [0.1, 0.15) is 0 Å². The molecule has 4 aliphatic rings. The topological polar surface area (TPSA) is 0 Å². The van der Waals surface area contributed by atoms with Crippen molar-refractivity contribution in [3.05, 3.63) is 23.7 Å². The van der Waals surface area contributed by atoms with E-state index in [0.717, 1.165) is 0 Å². The third-order valence-electron chi connectivity index (χ3n) is 3.83. The first-order valence-corrected chi connectivity index (χ1v) is 25.8.